The Morgan fingerprint density at radius 3 is 1.04 bits per heavy atom. The van der Waals surface area contributed by atoms with Crippen LogP contribution in [0, 0.1) is 33.0 Å². The fourth-order valence-electron chi connectivity index (χ4n) is 14.4. The second-order valence-corrected chi connectivity index (χ2v) is 34.1. The van der Waals surface area contributed by atoms with Crippen LogP contribution in [0.25, 0.3) is 0 Å². The van der Waals surface area contributed by atoms with Gasteiger partial charge in [-0.05, 0) is 119 Å². The summed E-state index contributed by atoms with van der Waals surface area (Å²) in [6, 6.07) is -4.68. The molecule has 16 atom stereocenters. The zero-order valence-corrected chi connectivity index (χ0v) is 80.4. The quantitative estimate of drug-likeness (QED) is 0.0142. The van der Waals surface area contributed by atoms with Crippen LogP contribution in [0.4, 0.5) is 0 Å². The van der Waals surface area contributed by atoms with Crippen molar-refractivity contribution in [3.05, 3.63) is 102 Å². The standard InChI is InChI=1S/C88H138N32O25/c1-45(2)67(81(142)117-62(43-123)78(139)110-53(21-11-31-101-85(92)93)71(132)109-54(22-12-32-102-86(94)95)72(133)118-63(44-124)83(144)145)119-73(134)55(23-13-33-103-87(96)97)111-77(138)60(41-121)115-68(129)46(3)106-80(141)64-25-15-35-120(64)82(143)56(24-14-34-104-88(98)99)112-79(140)61(42-122)116-76(137)58(37-48-18-8-5-9-19-48)114-75(136)59(38-49-26-28-50(125)29-27-49)113-74(135)57(36-47-16-6-4-7-17-47)107-65(126)40-105-70(131)52(20-10-30-100-84(90)91)108-69(130)51(89)39-66(127)128/h4-9,16-19,26-29,45-46,51-64,67,121-125H,10-15,20-25,30-44,89H2,1-3H3,(H,105,131)(H,106,141)(H,107,126)(H,108,130)(H,109,132)(H,110,139)(H,111,138)(H,112,140)(H,113,135)(H,114,136)(H,115,129)(H,116,137)(H,117,142)(H,118,133)(H,119,134)(H,127,128)(H,144,145)(H4,90,91,100)(H4,92,93,101)(H4,94,95,102)(H4,96,97,103)(H4,98,99,104)/t46-,51-,52-,53-,54-,55-,56-,57-,58-,59-,60-,61-,62-,63-,64-,67-/m0/s1. The van der Waals surface area contributed by atoms with E-state index in [0.29, 0.717) is 16.7 Å². The molecule has 16 amide bonds. The lowest BCUT2D eigenvalue weighted by atomic mass is 10.0. The van der Waals surface area contributed by atoms with Crippen LogP contribution in [-0.2, 0) is 106 Å². The number of aliphatic hydroxyl groups excluding tert-OH is 4. The van der Waals surface area contributed by atoms with Gasteiger partial charge >= 0.3 is 11.9 Å². The minimum absolute atomic E-state index is 0.00421. The Balaban J connectivity index is 1.57. The molecule has 44 N–H and O–H groups in total. The molecule has 1 heterocycles. The van der Waals surface area contributed by atoms with Crippen molar-refractivity contribution in [2.75, 3.05) is 72.2 Å². The van der Waals surface area contributed by atoms with Gasteiger partial charge in [-0.3, -0.25) is 109 Å². The van der Waals surface area contributed by atoms with E-state index in [1.54, 1.807) is 60.7 Å². The van der Waals surface area contributed by atoms with Gasteiger partial charge in [-0.1, -0.05) is 86.6 Å². The minimum Gasteiger partial charge on any atom is -0.508 e. The highest BCUT2D eigenvalue weighted by atomic mass is 16.4. The van der Waals surface area contributed by atoms with Gasteiger partial charge in [0.2, 0.25) is 94.5 Å². The van der Waals surface area contributed by atoms with Crippen molar-refractivity contribution in [2.45, 2.75) is 220 Å². The number of phenols is 1. The first kappa shape index (κ1) is 121. The van der Waals surface area contributed by atoms with Gasteiger partial charge in [0.05, 0.1) is 45.4 Å². The molecule has 1 saturated heterocycles. The lowest BCUT2D eigenvalue weighted by molar-refractivity contribution is -0.143. The van der Waals surface area contributed by atoms with Crippen molar-refractivity contribution >= 4 is 136 Å². The van der Waals surface area contributed by atoms with Crippen molar-refractivity contribution in [2.24, 2.45) is 40.3 Å². The van der Waals surface area contributed by atoms with Crippen LogP contribution in [0.1, 0.15) is 121 Å². The average Bonchev–Trinajstić information content (AvgIpc) is 1.01. The summed E-state index contributed by atoms with van der Waals surface area (Å²) in [6.07, 6.45) is -2.70. The van der Waals surface area contributed by atoms with E-state index in [4.69, 9.17) is 61.4 Å². The van der Waals surface area contributed by atoms with Crippen LogP contribution >= 0.6 is 0 Å². The molecule has 0 saturated carbocycles. The molecule has 800 valence electrons. The summed E-state index contributed by atoms with van der Waals surface area (Å²) in [6.45, 7) is -1.50. The number of benzene rings is 3. The predicted octanol–water partition coefficient (Wildman–Crippen LogP) is -12.8. The first-order valence-electron chi connectivity index (χ1n) is 46.4. The monoisotopic (exact) mass is 2040 g/mol. The third-order valence-corrected chi connectivity index (χ3v) is 22.2. The van der Waals surface area contributed by atoms with Crippen LogP contribution < -0.4 is 141 Å². The number of hydrogen-bond donors (Lipinski definition) is 38. The fourth-order valence-corrected chi connectivity index (χ4v) is 14.4. The molecule has 57 heteroatoms. The molecule has 0 aliphatic carbocycles. The Kier molecular flexibility index (Phi) is 53.4. The summed E-state index contributed by atoms with van der Waals surface area (Å²) in [4.78, 5) is 252. The number of nitrogens with two attached hydrogens (primary N) is 6. The van der Waals surface area contributed by atoms with Gasteiger partial charge in [0, 0.05) is 58.5 Å². The zero-order chi connectivity index (χ0) is 108. The van der Waals surface area contributed by atoms with E-state index in [-0.39, 0.29) is 141 Å². The summed E-state index contributed by atoms with van der Waals surface area (Å²) >= 11 is 0. The normalized spacial score (nSPS) is 15.1. The lowest BCUT2D eigenvalue weighted by Crippen LogP contribution is -2.62. The van der Waals surface area contributed by atoms with Gasteiger partial charge in [0.25, 0.3) is 0 Å². The molecule has 1 aliphatic heterocycles. The summed E-state index contributed by atoms with van der Waals surface area (Å²) in [5.41, 5.74) is 34.2. The topological polar surface area (TPSA) is 968 Å². The van der Waals surface area contributed by atoms with Gasteiger partial charge in [-0.2, -0.15) is 0 Å². The van der Waals surface area contributed by atoms with Gasteiger partial charge in [0.1, 0.15) is 96.4 Å². The van der Waals surface area contributed by atoms with Crippen molar-refractivity contribution in [3.63, 3.8) is 0 Å². The van der Waals surface area contributed by atoms with E-state index in [1.807, 2.05) is 0 Å². The summed E-state index contributed by atoms with van der Waals surface area (Å²) in [7, 11) is 0. The second-order valence-electron chi connectivity index (χ2n) is 34.1. The second kappa shape index (κ2) is 63.8. The van der Waals surface area contributed by atoms with Gasteiger partial charge in [-0.15, -0.1) is 0 Å². The molecule has 0 aromatic heterocycles. The molecule has 4 rings (SSSR count). The molecule has 0 spiro atoms. The highest BCUT2D eigenvalue weighted by molar-refractivity contribution is 6.02. The zero-order valence-electron chi connectivity index (χ0n) is 80.4. The molecule has 3 aromatic carbocycles. The van der Waals surface area contributed by atoms with Gasteiger partial charge in [-0.25, -0.2) is 4.79 Å². The van der Waals surface area contributed by atoms with Crippen LogP contribution in [0.2, 0.25) is 0 Å². The number of hydrogen-bond acceptors (Lipinski definition) is 29. The first-order chi connectivity index (χ1) is 68.7. The van der Waals surface area contributed by atoms with Crippen LogP contribution in [0.5, 0.6) is 5.75 Å². The van der Waals surface area contributed by atoms with E-state index in [2.05, 4.69) is 106 Å². The summed E-state index contributed by atoms with van der Waals surface area (Å²) in [5.74, 6) is -23.3. The first-order valence-corrected chi connectivity index (χ1v) is 46.4. The number of nitrogens with one attached hydrogen (secondary N) is 25. The molecule has 57 nitrogen and oxygen atoms in total. The molecule has 3 aromatic rings. The number of carboxylic acids is 2. The smallest absolute Gasteiger partial charge is 0.328 e. The fraction of sp³-hybridized carbons (Fsp3) is 0.534. The van der Waals surface area contributed by atoms with Crippen molar-refractivity contribution in [1.82, 2.24) is 111 Å². The Labute approximate surface area is 833 Å². The predicted molar refractivity (Wildman–Crippen MR) is 519 cm³/mol. The Morgan fingerprint density at radius 2 is 0.669 bits per heavy atom. The van der Waals surface area contributed by atoms with Gasteiger partial charge in [0.15, 0.2) is 29.8 Å². The average molecular weight is 2040 g/mol. The number of aliphatic carboxylic acids is 2. The van der Waals surface area contributed by atoms with E-state index in [0.717, 1.165) is 4.90 Å². The van der Waals surface area contributed by atoms with E-state index >= 15 is 4.79 Å². The third kappa shape index (κ3) is 45.3. The Morgan fingerprint density at radius 1 is 0.359 bits per heavy atom. The highest BCUT2D eigenvalue weighted by Crippen LogP contribution is 2.22. The van der Waals surface area contributed by atoms with E-state index in [9.17, 15) is 117 Å². The number of likely N-dealkylation sites (tertiary alicyclic amines) is 1. The number of aromatic hydroxyl groups is 1. The summed E-state index contributed by atoms with van der Waals surface area (Å²) < 4.78 is 0. The number of carbonyl (C=O) groups excluding carboxylic acids is 16. The Hall–Kier alpha value is -15.9. The highest BCUT2D eigenvalue weighted by Gasteiger charge is 2.42. The van der Waals surface area contributed by atoms with Crippen LogP contribution in [0.15, 0.2) is 84.9 Å². The SMILES string of the molecule is CC(C)[C@H](NC(=O)[C@H](CCCNC(=N)N)NC(=O)[C@H](CO)NC(=O)[C@H](C)NC(=O)[C@@H]1CCCN1C(=O)[C@H](CCCNC(=N)N)NC(=O)[C@H](CO)NC(=O)[C@H](Cc1ccccc1)NC(=O)[C@H](Cc1ccc(O)cc1)NC(=O)[C@H](Cc1ccccc1)NC(=O)CNC(=O)[C@H](CCCNC(=N)N)NC(=O)[C@@H](N)CC(=O)O)C(=O)N[C@@H](CO)C(=O)N[C@@H](CCCNC(=N)N)C(=O)N[C@@H](CCCNC(=N)N)C(=O)N[C@@H](CO)C(=O)O. The summed E-state index contributed by atoms with van der Waals surface area (Å²) in [5, 5.41) is 158. The Bertz CT molecular complexity index is 4920. The maximum absolute atomic E-state index is 15.0. The molecule has 0 bridgehead atoms. The molecular formula is C88H138N32O25. The third-order valence-electron chi connectivity index (χ3n) is 22.2. The maximum atomic E-state index is 15.0. The molecular weight excluding hydrogens is 1910 g/mol. The number of nitrogens with zero attached hydrogens (tertiary/aromatic N) is 1. The van der Waals surface area contributed by atoms with Gasteiger partial charge < -0.3 is 181 Å². The van der Waals surface area contributed by atoms with Crippen LogP contribution in [-0.4, -0.2) is 346 Å². The van der Waals surface area contributed by atoms with E-state index < -0.39 is 278 Å². The number of carbonyl (C=O) groups is 18. The molecule has 1 aliphatic rings. The number of guanidine groups is 5. The number of phenolic OH excluding ortho intramolecular Hbond substituents is 1. The minimum atomic E-state index is -1.93. The number of amides is 16. The van der Waals surface area contributed by atoms with Crippen molar-refractivity contribution in [3.8, 4) is 5.75 Å². The maximum Gasteiger partial charge on any atom is 0.328 e. The molecule has 0 radical (unpaired) electrons. The van der Waals surface area contributed by atoms with E-state index in [1.165, 1.54) is 45.0 Å². The van der Waals surface area contributed by atoms with Crippen molar-refractivity contribution < 1.29 is 122 Å². The van der Waals surface area contributed by atoms with Crippen LogP contribution in [0.3, 0.4) is 0 Å². The number of carboxylic acid groups (broad SMARTS) is 2. The van der Waals surface area contributed by atoms with Crippen molar-refractivity contribution in [1.29, 1.82) is 27.0 Å². The molecule has 145 heavy (non-hydrogen) atoms. The lowest BCUT2D eigenvalue weighted by Gasteiger charge is -2.31. The molecule has 1 fully saturated rings. The molecule has 0 unspecified atom stereocenters. The number of rotatable bonds is 65. The number of aliphatic hydroxyl groups is 4. The largest absolute Gasteiger partial charge is 0.508 e.